The molecular formula is C13H20N2O2. The molecule has 1 N–H and O–H groups in total. The number of ether oxygens (including phenoxy) is 1. The molecule has 3 atom stereocenters. The van der Waals surface area contributed by atoms with Gasteiger partial charge in [-0.15, -0.1) is 0 Å². The maximum Gasteiger partial charge on any atom is 0.310 e. The standard InChI is InChI=1S/C13H20N2O2/c1-7-10(9-6-14-15-8(9)2)11(7)12(16)17-13(3,4)5/h6-7,10-11H,1-5H3,(H,14,15). The highest BCUT2D eigenvalue weighted by Gasteiger charge is 2.54. The van der Waals surface area contributed by atoms with Gasteiger partial charge in [-0.1, -0.05) is 6.92 Å². The van der Waals surface area contributed by atoms with Crippen LogP contribution in [0, 0.1) is 18.8 Å². The molecule has 0 radical (unpaired) electrons. The van der Waals surface area contributed by atoms with Crippen molar-refractivity contribution in [3.63, 3.8) is 0 Å². The average molecular weight is 236 g/mol. The monoisotopic (exact) mass is 236 g/mol. The van der Waals surface area contributed by atoms with Gasteiger partial charge in [-0.25, -0.2) is 0 Å². The van der Waals surface area contributed by atoms with Crippen molar-refractivity contribution in [1.29, 1.82) is 0 Å². The Labute approximate surface area is 102 Å². The normalized spacial score (nSPS) is 27.9. The largest absolute Gasteiger partial charge is 0.460 e. The summed E-state index contributed by atoms with van der Waals surface area (Å²) in [6.07, 6.45) is 1.82. The van der Waals surface area contributed by atoms with Crippen molar-refractivity contribution in [2.45, 2.75) is 46.1 Å². The van der Waals surface area contributed by atoms with Crippen molar-refractivity contribution < 1.29 is 9.53 Å². The van der Waals surface area contributed by atoms with Gasteiger partial charge >= 0.3 is 5.97 Å². The number of H-pyrrole nitrogens is 1. The smallest absolute Gasteiger partial charge is 0.310 e. The summed E-state index contributed by atoms with van der Waals surface area (Å²) < 4.78 is 5.43. The molecule has 17 heavy (non-hydrogen) atoms. The maximum absolute atomic E-state index is 12.0. The van der Waals surface area contributed by atoms with Crippen LogP contribution in [-0.2, 0) is 9.53 Å². The molecule has 2 rings (SSSR count). The molecule has 1 saturated carbocycles. The molecule has 4 heteroatoms. The lowest BCUT2D eigenvalue weighted by Gasteiger charge is -2.19. The lowest BCUT2D eigenvalue weighted by atomic mass is 10.1. The van der Waals surface area contributed by atoms with E-state index >= 15 is 0 Å². The number of carbonyl (C=O) groups is 1. The molecule has 0 amide bonds. The van der Waals surface area contributed by atoms with Crippen LogP contribution in [0.25, 0.3) is 0 Å². The summed E-state index contributed by atoms with van der Waals surface area (Å²) in [7, 11) is 0. The van der Waals surface area contributed by atoms with Gasteiger partial charge < -0.3 is 4.74 Å². The van der Waals surface area contributed by atoms with E-state index in [1.165, 1.54) is 0 Å². The highest BCUT2D eigenvalue weighted by Crippen LogP contribution is 2.55. The fourth-order valence-corrected chi connectivity index (χ4v) is 2.37. The fraction of sp³-hybridized carbons (Fsp3) is 0.692. The van der Waals surface area contributed by atoms with Crippen LogP contribution < -0.4 is 0 Å². The van der Waals surface area contributed by atoms with Gasteiger partial charge in [-0.2, -0.15) is 5.10 Å². The van der Waals surface area contributed by atoms with Gasteiger partial charge in [0.1, 0.15) is 5.60 Å². The molecule has 1 aliphatic carbocycles. The van der Waals surface area contributed by atoms with E-state index in [1.54, 1.807) is 0 Å². The van der Waals surface area contributed by atoms with E-state index in [-0.39, 0.29) is 17.8 Å². The van der Waals surface area contributed by atoms with Gasteiger partial charge in [-0.3, -0.25) is 9.89 Å². The minimum absolute atomic E-state index is 0.00877. The molecular weight excluding hydrogens is 216 g/mol. The zero-order valence-electron chi connectivity index (χ0n) is 11.1. The molecule has 1 heterocycles. The summed E-state index contributed by atoms with van der Waals surface area (Å²) in [6.45, 7) is 9.77. The number of nitrogens with one attached hydrogen (secondary N) is 1. The SMILES string of the molecule is Cc1[nH]ncc1C1C(C)C1C(=O)OC(C)(C)C. The second kappa shape index (κ2) is 3.86. The van der Waals surface area contributed by atoms with Crippen molar-refractivity contribution in [1.82, 2.24) is 10.2 Å². The minimum Gasteiger partial charge on any atom is -0.460 e. The van der Waals surface area contributed by atoms with Gasteiger partial charge in [0.2, 0.25) is 0 Å². The van der Waals surface area contributed by atoms with E-state index in [9.17, 15) is 4.79 Å². The Morgan fingerprint density at radius 3 is 2.59 bits per heavy atom. The number of carbonyl (C=O) groups excluding carboxylic acids is 1. The Kier molecular flexibility index (Phi) is 2.76. The van der Waals surface area contributed by atoms with E-state index in [2.05, 4.69) is 17.1 Å². The fourth-order valence-electron chi connectivity index (χ4n) is 2.37. The van der Waals surface area contributed by atoms with Gasteiger partial charge in [0.15, 0.2) is 0 Å². The van der Waals surface area contributed by atoms with Crippen LogP contribution in [-0.4, -0.2) is 21.8 Å². The van der Waals surface area contributed by atoms with Gasteiger partial charge in [0.05, 0.1) is 12.1 Å². The highest BCUT2D eigenvalue weighted by atomic mass is 16.6. The number of aromatic nitrogens is 2. The third-order valence-electron chi connectivity index (χ3n) is 3.29. The number of hydrogen-bond acceptors (Lipinski definition) is 3. The van der Waals surface area contributed by atoms with Crippen LogP contribution in [0.5, 0.6) is 0 Å². The van der Waals surface area contributed by atoms with Crippen molar-refractivity contribution in [3.8, 4) is 0 Å². The number of aryl methyl sites for hydroxylation is 1. The molecule has 0 spiro atoms. The first-order valence-corrected chi connectivity index (χ1v) is 6.04. The first-order valence-electron chi connectivity index (χ1n) is 6.04. The van der Waals surface area contributed by atoms with Crippen LogP contribution in [0.2, 0.25) is 0 Å². The molecule has 1 aromatic rings. The molecule has 1 aromatic heterocycles. The van der Waals surface area contributed by atoms with Gasteiger partial charge in [0, 0.05) is 11.6 Å². The summed E-state index contributed by atoms with van der Waals surface area (Å²) in [5.41, 5.74) is 1.79. The topological polar surface area (TPSA) is 55.0 Å². The summed E-state index contributed by atoms with van der Waals surface area (Å²) in [6, 6.07) is 0. The molecule has 3 unspecified atom stereocenters. The predicted octanol–water partition coefficient (Wildman–Crippen LogP) is 2.41. The average Bonchev–Trinajstić information content (AvgIpc) is 2.62. The summed E-state index contributed by atoms with van der Waals surface area (Å²) in [5, 5.41) is 6.92. The van der Waals surface area contributed by atoms with E-state index in [1.807, 2.05) is 33.9 Å². The van der Waals surface area contributed by atoms with Crippen molar-refractivity contribution in [3.05, 3.63) is 17.5 Å². The molecule has 1 fully saturated rings. The third-order valence-corrected chi connectivity index (χ3v) is 3.29. The molecule has 0 aromatic carbocycles. The third kappa shape index (κ3) is 2.35. The first-order chi connectivity index (χ1) is 7.81. The number of esters is 1. The quantitative estimate of drug-likeness (QED) is 0.802. The molecule has 4 nitrogen and oxygen atoms in total. The summed E-state index contributed by atoms with van der Waals surface area (Å²) >= 11 is 0. The van der Waals surface area contributed by atoms with Gasteiger partial charge in [0.25, 0.3) is 0 Å². The number of nitrogens with zero attached hydrogens (tertiary/aromatic N) is 1. The zero-order chi connectivity index (χ0) is 12.8. The molecule has 0 bridgehead atoms. The van der Waals surface area contributed by atoms with Gasteiger partial charge in [-0.05, 0) is 39.2 Å². The van der Waals surface area contributed by atoms with Crippen LogP contribution in [0.1, 0.15) is 44.9 Å². The van der Waals surface area contributed by atoms with Crippen LogP contribution in [0.4, 0.5) is 0 Å². The van der Waals surface area contributed by atoms with E-state index in [0.29, 0.717) is 5.92 Å². The Balaban J connectivity index is 2.07. The molecule has 94 valence electrons. The van der Waals surface area contributed by atoms with Crippen LogP contribution in [0.15, 0.2) is 6.20 Å². The Bertz CT molecular complexity index is 431. The van der Waals surface area contributed by atoms with E-state index < -0.39 is 5.60 Å². The molecule has 0 saturated heterocycles. The molecule has 0 aliphatic heterocycles. The van der Waals surface area contributed by atoms with Crippen molar-refractivity contribution in [2.75, 3.05) is 0 Å². The van der Waals surface area contributed by atoms with Crippen LogP contribution in [0.3, 0.4) is 0 Å². The number of hydrogen-bond donors (Lipinski definition) is 1. The lowest BCUT2D eigenvalue weighted by molar-refractivity contribution is -0.156. The summed E-state index contributed by atoms with van der Waals surface area (Å²) in [5.74, 6) is 0.519. The Morgan fingerprint density at radius 1 is 1.47 bits per heavy atom. The van der Waals surface area contributed by atoms with E-state index in [4.69, 9.17) is 4.74 Å². The second-order valence-electron chi connectivity index (χ2n) is 5.89. The predicted molar refractivity (Wildman–Crippen MR) is 64.6 cm³/mol. The second-order valence-corrected chi connectivity index (χ2v) is 5.89. The van der Waals surface area contributed by atoms with Crippen molar-refractivity contribution >= 4 is 5.97 Å². The number of aromatic amines is 1. The Morgan fingerprint density at radius 2 is 2.12 bits per heavy atom. The lowest BCUT2D eigenvalue weighted by Crippen LogP contribution is -2.25. The first kappa shape index (κ1) is 12.1. The Hall–Kier alpha value is -1.32. The highest BCUT2D eigenvalue weighted by molar-refractivity contribution is 5.78. The zero-order valence-corrected chi connectivity index (χ0v) is 11.1. The maximum atomic E-state index is 12.0. The summed E-state index contributed by atoms with van der Waals surface area (Å²) in [4.78, 5) is 12.0. The van der Waals surface area contributed by atoms with Crippen molar-refractivity contribution in [2.24, 2.45) is 11.8 Å². The number of rotatable bonds is 2. The molecule has 1 aliphatic rings. The van der Waals surface area contributed by atoms with E-state index in [0.717, 1.165) is 11.3 Å². The van der Waals surface area contributed by atoms with Crippen LogP contribution >= 0.6 is 0 Å². The minimum atomic E-state index is -0.407.